The molecular weight excluding hydrogens is 467 g/mol. The Morgan fingerprint density at radius 1 is 1.17 bits per heavy atom. The van der Waals surface area contributed by atoms with Crippen LogP contribution in [0.4, 0.5) is 19.0 Å². The van der Waals surface area contributed by atoms with Crippen molar-refractivity contribution in [3.8, 4) is 40.0 Å². The molecule has 0 radical (unpaired) electrons. The van der Waals surface area contributed by atoms with E-state index in [-0.39, 0.29) is 34.6 Å². The molecule has 182 valence electrons. The van der Waals surface area contributed by atoms with Crippen LogP contribution in [-0.2, 0) is 13.1 Å². The van der Waals surface area contributed by atoms with Crippen LogP contribution in [0.1, 0.15) is 5.56 Å². The summed E-state index contributed by atoms with van der Waals surface area (Å²) in [6.45, 7) is -0.794. The summed E-state index contributed by atoms with van der Waals surface area (Å²) in [4.78, 5) is 20.2. The summed E-state index contributed by atoms with van der Waals surface area (Å²) in [5.41, 5.74) is 7.13. The Balaban J connectivity index is 1.70. The number of hydrogen-bond donors (Lipinski definition) is 2. The number of pyridine rings is 1. The number of anilines is 1. The van der Waals surface area contributed by atoms with E-state index in [1.165, 1.54) is 19.4 Å². The molecule has 0 saturated heterocycles. The van der Waals surface area contributed by atoms with E-state index < -0.39 is 18.3 Å². The first-order chi connectivity index (χ1) is 16.7. The highest BCUT2D eigenvalue weighted by Crippen LogP contribution is 2.33. The number of hydrogen-bond acceptors (Lipinski definition) is 9. The summed E-state index contributed by atoms with van der Waals surface area (Å²) in [5.74, 6) is 0.603. The summed E-state index contributed by atoms with van der Waals surface area (Å²) >= 11 is 0. The molecule has 0 spiro atoms. The molecule has 0 aliphatic rings. The molecule has 10 nitrogen and oxygen atoms in total. The van der Waals surface area contributed by atoms with Gasteiger partial charge in [0.1, 0.15) is 12.3 Å². The van der Waals surface area contributed by atoms with Crippen molar-refractivity contribution in [3.05, 3.63) is 58.6 Å². The zero-order valence-electron chi connectivity index (χ0n) is 18.6. The second-order valence-corrected chi connectivity index (χ2v) is 7.47. The van der Waals surface area contributed by atoms with Gasteiger partial charge in [0.15, 0.2) is 11.5 Å². The summed E-state index contributed by atoms with van der Waals surface area (Å²) in [5, 5.41) is 11.1. The number of nitrogen functional groups attached to an aromatic ring is 1. The van der Waals surface area contributed by atoms with E-state index in [9.17, 15) is 18.0 Å². The molecular formula is C22H20F3N7O3. The molecule has 0 atom stereocenters. The van der Waals surface area contributed by atoms with Crippen molar-refractivity contribution in [1.82, 2.24) is 30.0 Å². The molecule has 3 N–H and O–H groups in total. The maximum absolute atomic E-state index is 12.8. The molecule has 0 aliphatic heterocycles. The predicted octanol–water partition coefficient (Wildman–Crippen LogP) is 2.89. The number of nitrogens with zero attached hydrogens (tertiary/aromatic N) is 5. The van der Waals surface area contributed by atoms with Gasteiger partial charge in [-0.05, 0) is 30.8 Å². The minimum absolute atomic E-state index is 0.0242. The van der Waals surface area contributed by atoms with Crippen LogP contribution in [-0.4, -0.2) is 45.1 Å². The minimum Gasteiger partial charge on any atom is -0.496 e. The normalized spacial score (nSPS) is 11.6. The molecule has 13 heteroatoms. The predicted molar refractivity (Wildman–Crippen MR) is 120 cm³/mol. The number of nitrogens with two attached hydrogens (primary N) is 1. The number of alkyl halides is 3. The van der Waals surface area contributed by atoms with Crippen LogP contribution in [0.25, 0.3) is 34.3 Å². The van der Waals surface area contributed by atoms with E-state index in [1.54, 1.807) is 6.07 Å². The Hall–Kier alpha value is -4.26. The van der Waals surface area contributed by atoms with Crippen molar-refractivity contribution in [2.45, 2.75) is 19.3 Å². The van der Waals surface area contributed by atoms with E-state index in [4.69, 9.17) is 14.9 Å². The first-order valence-electron chi connectivity index (χ1n) is 10.2. The number of halogens is 3. The maximum atomic E-state index is 12.8. The van der Waals surface area contributed by atoms with Crippen molar-refractivity contribution in [1.29, 1.82) is 0 Å². The maximum Gasteiger partial charge on any atom is 0.406 e. The Morgan fingerprint density at radius 2 is 1.94 bits per heavy atom. The fourth-order valence-corrected chi connectivity index (χ4v) is 3.35. The quantitative estimate of drug-likeness (QED) is 0.403. The van der Waals surface area contributed by atoms with E-state index in [1.807, 2.05) is 19.2 Å². The molecule has 1 aromatic carbocycles. The highest BCUT2D eigenvalue weighted by molar-refractivity contribution is 5.69. The van der Waals surface area contributed by atoms with Gasteiger partial charge in [-0.15, -0.1) is 10.2 Å². The Kier molecular flexibility index (Phi) is 6.51. The van der Waals surface area contributed by atoms with Gasteiger partial charge in [0.05, 0.1) is 24.6 Å². The van der Waals surface area contributed by atoms with Gasteiger partial charge in [-0.3, -0.25) is 4.79 Å². The fourth-order valence-electron chi connectivity index (χ4n) is 3.35. The molecule has 3 aromatic heterocycles. The van der Waals surface area contributed by atoms with Crippen molar-refractivity contribution < 1.29 is 22.3 Å². The van der Waals surface area contributed by atoms with Gasteiger partial charge in [-0.1, -0.05) is 6.07 Å². The van der Waals surface area contributed by atoms with Gasteiger partial charge in [0.2, 0.25) is 0 Å². The zero-order valence-corrected chi connectivity index (χ0v) is 18.6. The number of ether oxygens (including phenoxy) is 1. The second-order valence-electron chi connectivity index (χ2n) is 7.47. The molecule has 0 unspecified atom stereocenters. The van der Waals surface area contributed by atoms with Crippen LogP contribution in [0.5, 0.6) is 5.75 Å². The van der Waals surface area contributed by atoms with E-state index in [0.717, 1.165) is 17.8 Å². The third kappa shape index (κ3) is 5.30. The fraction of sp³-hybridized carbons (Fsp3) is 0.227. The topological polar surface area (TPSA) is 134 Å². The van der Waals surface area contributed by atoms with Gasteiger partial charge in [-0.25, -0.2) is 9.97 Å². The van der Waals surface area contributed by atoms with Gasteiger partial charge < -0.3 is 24.8 Å². The lowest BCUT2D eigenvalue weighted by Gasteiger charge is -2.11. The van der Waals surface area contributed by atoms with Crippen LogP contribution in [0.3, 0.4) is 0 Å². The van der Waals surface area contributed by atoms with Gasteiger partial charge in [0, 0.05) is 24.4 Å². The monoisotopic (exact) mass is 487 g/mol. The number of benzene rings is 1. The van der Waals surface area contributed by atoms with Gasteiger partial charge in [0.25, 0.3) is 17.3 Å². The highest BCUT2D eigenvalue weighted by atomic mass is 19.4. The smallest absolute Gasteiger partial charge is 0.406 e. The Bertz CT molecular complexity index is 1420. The van der Waals surface area contributed by atoms with Crippen molar-refractivity contribution in [2.24, 2.45) is 0 Å². The number of aromatic nitrogens is 5. The van der Waals surface area contributed by atoms with Crippen LogP contribution in [0.2, 0.25) is 0 Å². The molecule has 4 rings (SSSR count). The molecule has 4 aromatic rings. The SMILES string of the molecule is CNCc1ccc(-c2nnc(-c3nc(-c4ccc(=O)n(CC(F)(F)F)c4)cnc3N)o2)c(OC)c1. The number of nitrogens with one attached hydrogen (secondary N) is 1. The average Bonchev–Trinajstić information content (AvgIpc) is 3.30. The third-order valence-electron chi connectivity index (χ3n) is 4.93. The lowest BCUT2D eigenvalue weighted by Crippen LogP contribution is -2.27. The van der Waals surface area contributed by atoms with Crippen molar-refractivity contribution in [3.63, 3.8) is 0 Å². The van der Waals surface area contributed by atoms with E-state index in [0.29, 0.717) is 22.4 Å². The standard InChI is InChI=1S/C22H20F3N7O3/c1-27-8-12-3-5-14(16(7-12)34-2)20-30-31-21(35-20)18-19(26)28-9-15(29-18)13-4-6-17(33)32(10-13)11-22(23,24)25/h3-7,9-10,27H,8,11H2,1-2H3,(H2,26,28). The molecule has 3 heterocycles. The van der Waals surface area contributed by atoms with Crippen LogP contribution in [0, 0.1) is 0 Å². The lowest BCUT2D eigenvalue weighted by atomic mass is 10.1. The second kappa shape index (κ2) is 9.54. The van der Waals surface area contributed by atoms with Crippen LogP contribution >= 0.6 is 0 Å². The third-order valence-corrected chi connectivity index (χ3v) is 4.93. The van der Waals surface area contributed by atoms with Gasteiger partial charge in [-0.2, -0.15) is 13.2 Å². The number of rotatable bonds is 7. The summed E-state index contributed by atoms with van der Waals surface area (Å²) in [7, 11) is 3.35. The Labute approximate surface area is 196 Å². The Morgan fingerprint density at radius 3 is 2.66 bits per heavy atom. The summed E-state index contributed by atoms with van der Waals surface area (Å²) in [6, 6.07) is 7.85. The number of methoxy groups -OCH3 is 1. The molecule has 0 amide bonds. The molecule has 35 heavy (non-hydrogen) atoms. The van der Waals surface area contributed by atoms with Crippen LogP contribution in [0.15, 0.2) is 51.9 Å². The van der Waals surface area contributed by atoms with Gasteiger partial charge >= 0.3 is 6.18 Å². The molecule has 0 aliphatic carbocycles. The first kappa shape index (κ1) is 23.9. The van der Waals surface area contributed by atoms with Crippen molar-refractivity contribution in [2.75, 3.05) is 19.9 Å². The molecule has 0 fully saturated rings. The van der Waals surface area contributed by atoms with Crippen LogP contribution < -0.4 is 21.3 Å². The molecule has 0 bridgehead atoms. The summed E-state index contributed by atoms with van der Waals surface area (Å²) < 4.78 is 50.2. The lowest BCUT2D eigenvalue weighted by molar-refractivity contribution is -0.141. The van der Waals surface area contributed by atoms with Crippen molar-refractivity contribution >= 4 is 5.82 Å². The minimum atomic E-state index is -4.56. The highest BCUT2D eigenvalue weighted by Gasteiger charge is 2.28. The average molecular weight is 487 g/mol. The first-order valence-corrected chi connectivity index (χ1v) is 10.2. The van der Waals surface area contributed by atoms with E-state index in [2.05, 4.69) is 25.5 Å². The summed E-state index contributed by atoms with van der Waals surface area (Å²) in [6.07, 6.45) is -2.24. The molecule has 0 saturated carbocycles. The largest absolute Gasteiger partial charge is 0.496 e. The zero-order chi connectivity index (χ0) is 25.2. The van der Waals surface area contributed by atoms with E-state index >= 15 is 0 Å².